The number of rotatable bonds is 5. The fourth-order valence-electron chi connectivity index (χ4n) is 3.18. The van der Waals surface area contributed by atoms with Gasteiger partial charge in [-0.25, -0.2) is 0 Å². The van der Waals surface area contributed by atoms with E-state index in [4.69, 9.17) is 0 Å². The van der Waals surface area contributed by atoms with Crippen LogP contribution in [0.5, 0.6) is 0 Å². The van der Waals surface area contributed by atoms with Crippen molar-refractivity contribution in [1.82, 2.24) is 10.2 Å². The maximum atomic E-state index is 12.0. The Labute approximate surface area is 141 Å². The van der Waals surface area contributed by atoms with Crippen molar-refractivity contribution in [1.29, 1.82) is 0 Å². The van der Waals surface area contributed by atoms with Crippen molar-refractivity contribution in [2.24, 2.45) is 11.8 Å². The van der Waals surface area contributed by atoms with E-state index in [1.807, 2.05) is 24.3 Å². The summed E-state index contributed by atoms with van der Waals surface area (Å²) < 4.78 is 1.15. The normalized spacial score (nSPS) is 23.0. The molecule has 0 bridgehead atoms. The summed E-state index contributed by atoms with van der Waals surface area (Å²) in [5, 5.41) is 3.01. The van der Waals surface area contributed by atoms with Crippen LogP contribution in [0, 0.1) is 15.4 Å². The molecule has 0 saturated carbocycles. The third-order valence-corrected chi connectivity index (χ3v) is 4.71. The predicted octanol–water partition coefficient (Wildman–Crippen LogP) is 3.39. The molecule has 0 radical (unpaired) electrons. The van der Waals surface area contributed by atoms with E-state index in [9.17, 15) is 4.79 Å². The summed E-state index contributed by atoms with van der Waals surface area (Å²) in [5.41, 5.74) is 0.746. The van der Waals surface area contributed by atoms with Gasteiger partial charge in [-0.1, -0.05) is 13.8 Å². The average Bonchev–Trinajstić information content (AvgIpc) is 2.43. The fourth-order valence-corrected chi connectivity index (χ4v) is 3.54. The fraction of sp³-hybridized carbons (Fsp3) is 0.588. The molecule has 2 unspecified atom stereocenters. The summed E-state index contributed by atoms with van der Waals surface area (Å²) in [7, 11) is 0. The second-order valence-electron chi connectivity index (χ2n) is 6.32. The minimum absolute atomic E-state index is 0.0341. The van der Waals surface area contributed by atoms with Crippen LogP contribution in [0.15, 0.2) is 24.3 Å². The number of amides is 1. The highest BCUT2D eigenvalue weighted by Gasteiger charge is 2.20. The first-order valence-electron chi connectivity index (χ1n) is 7.80. The van der Waals surface area contributed by atoms with E-state index >= 15 is 0 Å². The Morgan fingerprint density at radius 3 is 2.48 bits per heavy atom. The van der Waals surface area contributed by atoms with E-state index in [1.54, 1.807) is 0 Å². The zero-order chi connectivity index (χ0) is 15.2. The highest BCUT2D eigenvalue weighted by Crippen LogP contribution is 2.20. The SMILES string of the molecule is CC1CC(C)CN(CCCNC(=O)c2ccc(I)cc2)C1. The molecule has 1 saturated heterocycles. The molecule has 3 nitrogen and oxygen atoms in total. The molecule has 0 spiro atoms. The monoisotopic (exact) mass is 400 g/mol. The average molecular weight is 400 g/mol. The maximum absolute atomic E-state index is 12.0. The topological polar surface area (TPSA) is 32.3 Å². The van der Waals surface area contributed by atoms with Gasteiger partial charge < -0.3 is 10.2 Å². The highest BCUT2D eigenvalue weighted by atomic mass is 127. The summed E-state index contributed by atoms with van der Waals surface area (Å²) in [4.78, 5) is 14.5. The second-order valence-corrected chi connectivity index (χ2v) is 7.57. The number of carbonyl (C=O) groups excluding carboxylic acids is 1. The van der Waals surface area contributed by atoms with Gasteiger partial charge in [0, 0.05) is 28.8 Å². The molecule has 0 aliphatic carbocycles. The van der Waals surface area contributed by atoms with Crippen molar-refractivity contribution >= 4 is 28.5 Å². The van der Waals surface area contributed by atoms with Crippen molar-refractivity contribution in [3.05, 3.63) is 33.4 Å². The summed E-state index contributed by atoms with van der Waals surface area (Å²) >= 11 is 2.25. The third-order valence-electron chi connectivity index (χ3n) is 3.99. The molecule has 1 aliphatic rings. The van der Waals surface area contributed by atoms with Gasteiger partial charge in [0.1, 0.15) is 0 Å². The van der Waals surface area contributed by atoms with Crippen LogP contribution in [0.4, 0.5) is 0 Å². The summed E-state index contributed by atoms with van der Waals surface area (Å²) in [6, 6.07) is 7.69. The number of carbonyl (C=O) groups is 1. The van der Waals surface area contributed by atoms with E-state index in [0.717, 1.165) is 40.5 Å². The molecule has 1 heterocycles. The zero-order valence-electron chi connectivity index (χ0n) is 12.9. The van der Waals surface area contributed by atoms with Crippen LogP contribution in [0.1, 0.15) is 37.0 Å². The van der Waals surface area contributed by atoms with Gasteiger partial charge in [0.2, 0.25) is 0 Å². The van der Waals surface area contributed by atoms with Crippen LogP contribution in [0.3, 0.4) is 0 Å². The van der Waals surface area contributed by atoms with Gasteiger partial charge >= 0.3 is 0 Å². The van der Waals surface area contributed by atoms with Crippen LogP contribution in [0.25, 0.3) is 0 Å². The van der Waals surface area contributed by atoms with Gasteiger partial charge in [0.15, 0.2) is 0 Å². The first-order chi connectivity index (χ1) is 10.0. The van der Waals surface area contributed by atoms with Crippen LogP contribution in [-0.2, 0) is 0 Å². The van der Waals surface area contributed by atoms with E-state index in [1.165, 1.54) is 19.5 Å². The van der Waals surface area contributed by atoms with Crippen LogP contribution in [0.2, 0.25) is 0 Å². The van der Waals surface area contributed by atoms with E-state index in [2.05, 4.69) is 46.7 Å². The molecule has 4 heteroatoms. The minimum Gasteiger partial charge on any atom is -0.352 e. The number of piperidine rings is 1. The molecule has 0 aromatic heterocycles. The van der Waals surface area contributed by atoms with Gasteiger partial charge in [-0.2, -0.15) is 0 Å². The molecular weight excluding hydrogens is 375 g/mol. The Hall–Kier alpha value is -0.620. The summed E-state index contributed by atoms with van der Waals surface area (Å²) in [5.74, 6) is 1.64. The molecule has 116 valence electrons. The smallest absolute Gasteiger partial charge is 0.251 e. The van der Waals surface area contributed by atoms with Gasteiger partial charge in [-0.05, 0) is 78.1 Å². The van der Waals surface area contributed by atoms with Gasteiger partial charge in [0.25, 0.3) is 5.91 Å². The Morgan fingerprint density at radius 1 is 1.24 bits per heavy atom. The molecule has 2 atom stereocenters. The number of benzene rings is 1. The minimum atomic E-state index is 0.0341. The number of nitrogens with zero attached hydrogens (tertiary/aromatic N) is 1. The lowest BCUT2D eigenvalue weighted by atomic mass is 9.92. The Kier molecular flexibility index (Phi) is 6.48. The van der Waals surface area contributed by atoms with E-state index in [-0.39, 0.29) is 5.91 Å². The number of halogens is 1. The molecule has 1 aromatic rings. The lowest BCUT2D eigenvalue weighted by Crippen LogP contribution is -2.40. The first-order valence-corrected chi connectivity index (χ1v) is 8.88. The molecule has 1 aliphatic heterocycles. The molecule has 1 N–H and O–H groups in total. The van der Waals surface area contributed by atoms with Crippen molar-refractivity contribution in [2.75, 3.05) is 26.2 Å². The second kappa shape index (κ2) is 8.13. The largest absolute Gasteiger partial charge is 0.352 e. The zero-order valence-corrected chi connectivity index (χ0v) is 15.1. The lowest BCUT2D eigenvalue weighted by Gasteiger charge is -2.34. The molecule has 2 rings (SSSR count). The van der Waals surface area contributed by atoms with Crippen LogP contribution >= 0.6 is 22.6 Å². The predicted molar refractivity (Wildman–Crippen MR) is 95.5 cm³/mol. The molecule has 21 heavy (non-hydrogen) atoms. The molecular formula is C17H25IN2O. The Balaban J connectivity index is 1.67. The standard InChI is InChI=1S/C17H25IN2O/c1-13-10-14(2)12-20(11-13)9-3-8-19-17(21)15-4-6-16(18)7-5-15/h4-7,13-14H,3,8-12H2,1-2H3,(H,19,21). The number of hydrogen-bond donors (Lipinski definition) is 1. The van der Waals surface area contributed by atoms with E-state index in [0.29, 0.717) is 0 Å². The van der Waals surface area contributed by atoms with Crippen molar-refractivity contribution < 1.29 is 4.79 Å². The number of hydrogen-bond acceptors (Lipinski definition) is 2. The highest BCUT2D eigenvalue weighted by molar-refractivity contribution is 14.1. The lowest BCUT2D eigenvalue weighted by molar-refractivity contribution is 0.0947. The van der Waals surface area contributed by atoms with Crippen LogP contribution in [-0.4, -0.2) is 37.0 Å². The number of likely N-dealkylation sites (tertiary alicyclic amines) is 1. The number of nitrogens with one attached hydrogen (secondary N) is 1. The van der Waals surface area contributed by atoms with Gasteiger partial charge in [-0.15, -0.1) is 0 Å². The van der Waals surface area contributed by atoms with Crippen molar-refractivity contribution in [2.45, 2.75) is 26.7 Å². The first kappa shape index (κ1) is 16.7. The maximum Gasteiger partial charge on any atom is 0.251 e. The molecule has 1 fully saturated rings. The summed E-state index contributed by atoms with van der Waals surface area (Å²) in [6.45, 7) is 8.92. The van der Waals surface area contributed by atoms with E-state index < -0.39 is 0 Å². The Morgan fingerprint density at radius 2 is 1.86 bits per heavy atom. The van der Waals surface area contributed by atoms with Crippen molar-refractivity contribution in [3.8, 4) is 0 Å². The van der Waals surface area contributed by atoms with Crippen LogP contribution < -0.4 is 5.32 Å². The summed E-state index contributed by atoms with van der Waals surface area (Å²) in [6.07, 6.45) is 2.37. The quantitative estimate of drug-likeness (QED) is 0.607. The van der Waals surface area contributed by atoms with Crippen molar-refractivity contribution in [3.63, 3.8) is 0 Å². The Bertz CT molecular complexity index is 450. The third kappa shape index (κ3) is 5.58. The van der Waals surface area contributed by atoms with Gasteiger partial charge in [-0.3, -0.25) is 4.79 Å². The molecule has 1 amide bonds. The molecule has 1 aromatic carbocycles. The van der Waals surface area contributed by atoms with Gasteiger partial charge in [0.05, 0.1) is 0 Å².